The van der Waals surface area contributed by atoms with Crippen LogP contribution in [-0.2, 0) is 14.3 Å². The van der Waals surface area contributed by atoms with Gasteiger partial charge in [-0.05, 0) is 30.7 Å². The third-order valence-electron chi connectivity index (χ3n) is 4.06. The summed E-state index contributed by atoms with van der Waals surface area (Å²) in [6, 6.07) is 12.2. The minimum atomic E-state index is -0.665. The summed E-state index contributed by atoms with van der Waals surface area (Å²) in [7, 11) is 0. The van der Waals surface area contributed by atoms with Crippen LogP contribution in [0.2, 0.25) is 0 Å². The van der Waals surface area contributed by atoms with Gasteiger partial charge in [-0.1, -0.05) is 25.1 Å². The lowest BCUT2D eigenvalue weighted by atomic mass is 10.1. The van der Waals surface area contributed by atoms with Crippen LogP contribution in [0.25, 0.3) is 22.4 Å². The number of ether oxygens (including phenoxy) is 1. The summed E-state index contributed by atoms with van der Waals surface area (Å²) in [6.45, 7) is 1.80. The number of benzene rings is 1. The Bertz CT molecular complexity index is 1010. The van der Waals surface area contributed by atoms with Gasteiger partial charge in [-0.2, -0.15) is 0 Å². The molecule has 0 aliphatic heterocycles. The largest absolute Gasteiger partial charge is 0.463 e. The molecule has 2 heterocycles. The highest BCUT2D eigenvalue weighted by atomic mass is 16.5. The van der Waals surface area contributed by atoms with Crippen LogP contribution >= 0.6 is 0 Å². The van der Waals surface area contributed by atoms with E-state index in [0.29, 0.717) is 28.9 Å². The quantitative estimate of drug-likeness (QED) is 0.566. The van der Waals surface area contributed by atoms with Crippen molar-refractivity contribution in [3.8, 4) is 11.5 Å². The van der Waals surface area contributed by atoms with Crippen molar-refractivity contribution >= 4 is 28.7 Å². The summed E-state index contributed by atoms with van der Waals surface area (Å²) in [5, 5.41) is 5.66. The Labute approximate surface area is 167 Å². The molecule has 0 aliphatic rings. The zero-order valence-corrected chi connectivity index (χ0v) is 15.9. The van der Waals surface area contributed by atoms with Gasteiger partial charge >= 0.3 is 5.97 Å². The molecule has 3 aromatic rings. The van der Waals surface area contributed by atoms with Gasteiger partial charge in [0, 0.05) is 11.9 Å². The van der Waals surface area contributed by atoms with Crippen molar-refractivity contribution in [2.45, 2.75) is 13.3 Å². The minimum absolute atomic E-state index is 0.169. The highest BCUT2D eigenvalue weighted by Gasteiger charge is 2.17. The van der Waals surface area contributed by atoms with Crippen molar-refractivity contribution in [2.24, 2.45) is 0 Å². The second-order valence-corrected chi connectivity index (χ2v) is 6.25. The normalized spacial score (nSPS) is 10.5. The molecule has 0 aliphatic carbocycles. The molecule has 8 heteroatoms. The fourth-order valence-electron chi connectivity index (χ4n) is 2.66. The Balaban J connectivity index is 1.69. The van der Waals surface area contributed by atoms with E-state index in [9.17, 15) is 14.4 Å². The van der Waals surface area contributed by atoms with Crippen LogP contribution in [0.1, 0.15) is 23.7 Å². The van der Waals surface area contributed by atoms with Crippen LogP contribution in [0, 0.1) is 0 Å². The molecular formula is C21H21N3O5. The molecule has 150 valence electrons. The molecule has 0 saturated heterocycles. The highest BCUT2D eigenvalue weighted by Crippen LogP contribution is 2.25. The predicted molar refractivity (Wildman–Crippen MR) is 106 cm³/mol. The van der Waals surface area contributed by atoms with E-state index >= 15 is 0 Å². The van der Waals surface area contributed by atoms with Gasteiger partial charge < -0.3 is 19.8 Å². The number of pyridine rings is 1. The van der Waals surface area contributed by atoms with Gasteiger partial charge in [0.25, 0.3) is 5.91 Å². The number of carbonyl (C=O) groups is 3. The lowest BCUT2D eigenvalue weighted by Crippen LogP contribution is -2.38. The van der Waals surface area contributed by atoms with E-state index in [1.165, 1.54) is 6.26 Å². The predicted octanol–water partition coefficient (Wildman–Crippen LogP) is 2.29. The average Bonchev–Trinajstić information content (AvgIpc) is 3.28. The Morgan fingerprint density at radius 3 is 2.66 bits per heavy atom. The van der Waals surface area contributed by atoms with Gasteiger partial charge in [-0.3, -0.25) is 9.59 Å². The zero-order chi connectivity index (χ0) is 20.6. The first-order valence-corrected chi connectivity index (χ1v) is 9.22. The maximum atomic E-state index is 12.6. The van der Waals surface area contributed by atoms with E-state index in [2.05, 4.69) is 15.6 Å². The number of aromatic nitrogens is 1. The van der Waals surface area contributed by atoms with Crippen LogP contribution < -0.4 is 10.6 Å². The topological polar surface area (TPSA) is 111 Å². The third-order valence-corrected chi connectivity index (χ3v) is 4.06. The minimum Gasteiger partial charge on any atom is -0.463 e. The van der Waals surface area contributed by atoms with E-state index in [4.69, 9.17) is 9.15 Å². The number of para-hydroxylation sites is 1. The van der Waals surface area contributed by atoms with Gasteiger partial charge in [0.2, 0.25) is 5.91 Å². The summed E-state index contributed by atoms with van der Waals surface area (Å²) >= 11 is 0. The van der Waals surface area contributed by atoms with E-state index in [-0.39, 0.29) is 18.0 Å². The average molecular weight is 395 g/mol. The molecule has 0 radical (unpaired) electrons. The maximum absolute atomic E-state index is 12.6. The van der Waals surface area contributed by atoms with Crippen molar-refractivity contribution in [1.82, 2.24) is 15.6 Å². The summed E-state index contributed by atoms with van der Waals surface area (Å²) in [6.07, 6.45) is 2.32. The lowest BCUT2D eigenvalue weighted by Gasteiger charge is -2.10. The van der Waals surface area contributed by atoms with E-state index in [1.54, 1.807) is 36.4 Å². The Hall–Kier alpha value is -3.68. The van der Waals surface area contributed by atoms with Crippen LogP contribution in [0.4, 0.5) is 0 Å². The van der Waals surface area contributed by atoms with Crippen molar-refractivity contribution in [3.63, 3.8) is 0 Å². The summed E-state index contributed by atoms with van der Waals surface area (Å²) in [4.78, 5) is 40.5. The number of rotatable bonds is 8. The van der Waals surface area contributed by atoms with Gasteiger partial charge in [-0.25, -0.2) is 9.78 Å². The summed E-state index contributed by atoms with van der Waals surface area (Å²) in [5.74, 6) is -1.01. The molecule has 0 fully saturated rings. The standard InChI is InChI=1S/C21H21N3O5/c1-2-9-22-19(25)12-23-20(26)13-29-21(27)15-11-17(18-8-5-10-28-18)24-16-7-4-3-6-14(15)16/h3-8,10-11H,2,9,12-13H2,1H3,(H,22,25)(H,23,26). The molecule has 2 aromatic heterocycles. The summed E-state index contributed by atoms with van der Waals surface area (Å²) < 4.78 is 10.5. The monoisotopic (exact) mass is 395 g/mol. The van der Waals surface area contributed by atoms with Gasteiger partial charge in [-0.15, -0.1) is 0 Å². The second-order valence-electron chi connectivity index (χ2n) is 6.25. The molecule has 0 bridgehead atoms. The van der Waals surface area contributed by atoms with Crippen molar-refractivity contribution in [2.75, 3.05) is 19.7 Å². The number of nitrogens with one attached hydrogen (secondary N) is 2. The zero-order valence-electron chi connectivity index (χ0n) is 15.9. The van der Waals surface area contributed by atoms with Crippen molar-refractivity contribution < 1.29 is 23.5 Å². The Kier molecular flexibility index (Phi) is 6.57. The van der Waals surface area contributed by atoms with Crippen molar-refractivity contribution in [1.29, 1.82) is 0 Å². The molecule has 8 nitrogen and oxygen atoms in total. The lowest BCUT2D eigenvalue weighted by molar-refractivity contribution is -0.127. The Morgan fingerprint density at radius 1 is 1.07 bits per heavy atom. The molecule has 0 spiro atoms. The summed E-state index contributed by atoms with van der Waals surface area (Å²) in [5.41, 5.74) is 1.36. The number of fused-ring (bicyclic) bond motifs is 1. The molecular weight excluding hydrogens is 374 g/mol. The first-order valence-electron chi connectivity index (χ1n) is 9.22. The molecule has 0 unspecified atom stereocenters. The van der Waals surface area contributed by atoms with Gasteiger partial charge in [0.1, 0.15) is 5.69 Å². The van der Waals surface area contributed by atoms with Crippen molar-refractivity contribution in [3.05, 3.63) is 54.3 Å². The number of amides is 2. The third kappa shape index (κ3) is 5.19. The number of furan rings is 1. The van der Waals surface area contributed by atoms with Gasteiger partial charge in [0.05, 0.1) is 23.9 Å². The fraction of sp³-hybridized carbons (Fsp3) is 0.238. The molecule has 2 amide bonds. The van der Waals surface area contributed by atoms with Crippen LogP contribution in [0.15, 0.2) is 53.1 Å². The number of carbonyl (C=O) groups excluding carboxylic acids is 3. The highest BCUT2D eigenvalue weighted by molar-refractivity contribution is 6.05. The molecule has 29 heavy (non-hydrogen) atoms. The first-order chi connectivity index (χ1) is 14.1. The number of nitrogens with zero attached hydrogens (tertiary/aromatic N) is 1. The molecule has 3 rings (SSSR count). The molecule has 0 saturated carbocycles. The van der Waals surface area contributed by atoms with E-state index in [1.807, 2.05) is 13.0 Å². The number of esters is 1. The molecule has 1 aromatic carbocycles. The number of hydrogen-bond acceptors (Lipinski definition) is 6. The number of hydrogen-bond donors (Lipinski definition) is 2. The maximum Gasteiger partial charge on any atom is 0.339 e. The van der Waals surface area contributed by atoms with E-state index < -0.39 is 18.5 Å². The van der Waals surface area contributed by atoms with Gasteiger partial charge in [0.15, 0.2) is 12.4 Å². The van der Waals surface area contributed by atoms with E-state index in [0.717, 1.165) is 6.42 Å². The smallest absolute Gasteiger partial charge is 0.339 e. The van der Waals surface area contributed by atoms with Crippen LogP contribution in [0.5, 0.6) is 0 Å². The Morgan fingerprint density at radius 2 is 1.90 bits per heavy atom. The molecule has 2 N–H and O–H groups in total. The molecule has 0 atom stereocenters. The SMILES string of the molecule is CCCNC(=O)CNC(=O)COC(=O)c1cc(-c2ccco2)nc2ccccc12. The second kappa shape index (κ2) is 9.50. The van der Waals surface area contributed by atoms with Crippen LogP contribution in [0.3, 0.4) is 0 Å². The fourth-order valence-corrected chi connectivity index (χ4v) is 2.66. The first kappa shape index (κ1) is 20.1. The van der Waals surface area contributed by atoms with Crippen LogP contribution in [-0.4, -0.2) is 42.5 Å².